The van der Waals surface area contributed by atoms with Crippen LogP contribution < -0.4 is 0 Å². The molecule has 0 N–H and O–H groups in total. The normalized spacial score (nSPS) is 11.0. The minimum absolute atomic E-state index is 0.522. The molecule has 4 nitrogen and oxygen atoms in total. The summed E-state index contributed by atoms with van der Waals surface area (Å²) in [5, 5.41) is 10.3. The number of rotatable bonds is 11. The van der Waals surface area contributed by atoms with Crippen molar-refractivity contribution in [1.29, 1.82) is 5.26 Å². The minimum atomic E-state index is 0.522. The molecule has 0 spiro atoms. The van der Waals surface area contributed by atoms with Crippen LogP contribution in [0.4, 0.5) is 0 Å². The van der Waals surface area contributed by atoms with Gasteiger partial charge in [-0.15, -0.1) is 0 Å². The average molecular weight is 943 g/mol. The third-order valence-electron chi connectivity index (χ3n) is 13.5. The molecule has 0 fully saturated rings. The molecule has 1 aromatic heterocycles. The molecule has 0 unspecified atom stereocenters. The molecule has 0 saturated heterocycles. The second-order valence-electron chi connectivity index (χ2n) is 18.2. The highest BCUT2D eigenvalue weighted by molar-refractivity contribution is 6.15. The van der Waals surface area contributed by atoms with Crippen molar-refractivity contribution in [3.8, 4) is 129 Å². The molecular weight excluding hydrogens is 897 g/mol. The van der Waals surface area contributed by atoms with Crippen LogP contribution in [0, 0.1) is 11.3 Å². The molecule has 11 aromatic carbocycles. The Balaban J connectivity index is 1.25. The summed E-state index contributed by atoms with van der Waals surface area (Å²) < 4.78 is 0. The number of benzene rings is 11. The molecule has 0 atom stereocenters. The summed E-state index contributed by atoms with van der Waals surface area (Å²) in [5.41, 5.74) is 20.1. The zero-order chi connectivity index (χ0) is 49.6. The van der Waals surface area contributed by atoms with Crippen LogP contribution in [0.2, 0.25) is 0 Å². The van der Waals surface area contributed by atoms with E-state index in [1.807, 2.05) is 54.6 Å². The van der Waals surface area contributed by atoms with Gasteiger partial charge in [-0.1, -0.05) is 243 Å². The molecule has 12 aromatic rings. The Kier molecular flexibility index (Phi) is 12.4. The molecule has 346 valence electrons. The standard InChI is InChI=1S/C70H46N4/c71-47-48-24-22-39-56(42-48)59-44-60(46-61(45-59)70-73-68(55-37-20-7-21-38-55)72-69(74-70)58-41-23-40-57(43-58)49-25-8-1-9-26-49)67-65(53-33-16-5-17-34-53)63(51-29-12-3-13-30-51)62(50-27-10-2-11-28-50)64(52-31-14-4-15-32-52)66(67)54-35-18-6-19-36-54/h1-46H. The third-order valence-corrected chi connectivity index (χ3v) is 13.5. The van der Waals surface area contributed by atoms with Gasteiger partial charge in [-0.2, -0.15) is 5.26 Å². The van der Waals surface area contributed by atoms with Crippen molar-refractivity contribution in [3.63, 3.8) is 0 Å². The predicted molar refractivity (Wildman–Crippen MR) is 304 cm³/mol. The van der Waals surface area contributed by atoms with Crippen molar-refractivity contribution in [3.05, 3.63) is 285 Å². The van der Waals surface area contributed by atoms with Crippen LogP contribution in [0.5, 0.6) is 0 Å². The Hall–Kier alpha value is -10.1. The summed E-state index contributed by atoms with van der Waals surface area (Å²) in [5.74, 6) is 1.65. The second-order valence-corrected chi connectivity index (χ2v) is 18.2. The first kappa shape index (κ1) is 45.1. The van der Waals surface area contributed by atoms with E-state index in [1.165, 1.54) is 0 Å². The number of aromatic nitrogens is 3. The molecule has 0 aliphatic heterocycles. The lowest BCUT2D eigenvalue weighted by Gasteiger charge is -2.29. The van der Waals surface area contributed by atoms with Gasteiger partial charge in [0.05, 0.1) is 11.6 Å². The summed E-state index contributed by atoms with van der Waals surface area (Å²) >= 11 is 0. The van der Waals surface area contributed by atoms with Gasteiger partial charge in [-0.3, -0.25) is 0 Å². The topological polar surface area (TPSA) is 62.5 Å². The molecule has 4 heteroatoms. The van der Waals surface area contributed by atoms with Gasteiger partial charge in [0.2, 0.25) is 0 Å². The molecular formula is C70H46N4. The van der Waals surface area contributed by atoms with Crippen LogP contribution in [0.3, 0.4) is 0 Å². The maximum absolute atomic E-state index is 10.3. The van der Waals surface area contributed by atoms with E-state index in [-0.39, 0.29) is 0 Å². The maximum Gasteiger partial charge on any atom is 0.164 e. The van der Waals surface area contributed by atoms with E-state index < -0.39 is 0 Å². The van der Waals surface area contributed by atoms with Gasteiger partial charge in [0.1, 0.15) is 0 Å². The second kappa shape index (κ2) is 20.3. The van der Waals surface area contributed by atoms with Gasteiger partial charge in [0, 0.05) is 16.7 Å². The Bertz CT molecular complexity index is 3860. The van der Waals surface area contributed by atoms with Crippen molar-refractivity contribution in [1.82, 2.24) is 15.0 Å². The molecule has 0 aliphatic carbocycles. The van der Waals surface area contributed by atoms with Crippen LogP contribution >= 0.6 is 0 Å². The molecule has 12 rings (SSSR count). The first-order valence-electron chi connectivity index (χ1n) is 24.8. The van der Waals surface area contributed by atoms with Crippen molar-refractivity contribution in [2.24, 2.45) is 0 Å². The summed E-state index contributed by atoms with van der Waals surface area (Å²) in [7, 11) is 0. The summed E-state index contributed by atoms with van der Waals surface area (Å²) in [4.78, 5) is 16.0. The largest absolute Gasteiger partial charge is 0.208 e. The Labute approximate surface area is 431 Å². The van der Waals surface area contributed by atoms with E-state index in [2.05, 4.69) is 231 Å². The molecule has 0 amide bonds. The number of hydrogen-bond donors (Lipinski definition) is 0. The highest BCUT2D eigenvalue weighted by Crippen LogP contribution is 2.56. The van der Waals surface area contributed by atoms with Crippen molar-refractivity contribution < 1.29 is 0 Å². The average Bonchev–Trinajstić information content (AvgIpc) is 3.49. The molecule has 74 heavy (non-hydrogen) atoms. The SMILES string of the molecule is N#Cc1cccc(-c2cc(-c3nc(-c4ccccc4)nc(-c4cccc(-c5ccccc5)c4)n3)cc(-c3c(-c4ccccc4)c(-c4ccccc4)c(-c4ccccc4)c(-c4ccccc4)c3-c3ccccc3)c2)c1. The first-order valence-corrected chi connectivity index (χ1v) is 24.8. The fraction of sp³-hybridized carbons (Fsp3) is 0. The fourth-order valence-corrected chi connectivity index (χ4v) is 10.2. The number of nitrogens with zero attached hydrogens (tertiary/aromatic N) is 4. The van der Waals surface area contributed by atoms with Gasteiger partial charge in [0.15, 0.2) is 17.5 Å². The Morgan fingerprint density at radius 2 is 0.473 bits per heavy atom. The molecule has 1 heterocycles. The zero-order valence-corrected chi connectivity index (χ0v) is 40.3. The maximum atomic E-state index is 10.3. The number of hydrogen-bond acceptors (Lipinski definition) is 4. The van der Waals surface area contributed by atoms with Crippen LogP contribution in [0.25, 0.3) is 123 Å². The van der Waals surface area contributed by atoms with Gasteiger partial charge >= 0.3 is 0 Å². The summed E-state index contributed by atoms with van der Waals surface area (Å²) in [6.07, 6.45) is 0. The fourth-order valence-electron chi connectivity index (χ4n) is 10.2. The lowest BCUT2D eigenvalue weighted by atomic mass is 9.74. The van der Waals surface area contributed by atoms with Gasteiger partial charge < -0.3 is 0 Å². The van der Waals surface area contributed by atoms with Gasteiger partial charge in [-0.05, 0) is 125 Å². The minimum Gasteiger partial charge on any atom is -0.208 e. The zero-order valence-electron chi connectivity index (χ0n) is 40.3. The van der Waals surface area contributed by atoms with Gasteiger partial charge in [0.25, 0.3) is 0 Å². The lowest BCUT2D eigenvalue weighted by Crippen LogP contribution is -2.03. The third kappa shape index (κ3) is 8.99. The van der Waals surface area contributed by atoms with Crippen LogP contribution in [0.15, 0.2) is 279 Å². The highest BCUT2D eigenvalue weighted by Gasteiger charge is 2.30. The summed E-state index contributed by atoms with van der Waals surface area (Å²) in [6.45, 7) is 0. The molecule has 0 bridgehead atoms. The van der Waals surface area contributed by atoms with Crippen molar-refractivity contribution in [2.75, 3.05) is 0 Å². The lowest BCUT2D eigenvalue weighted by molar-refractivity contribution is 1.07. The predicted octanol–water partition coefficient (Wildman–Crippen LogP) is 18.1. The van der Waals surface area contributed by atoms with E-state index in [0.717, 1.165) is 106 Å². The van der Waals surface area contributed by atoms with Crippen LogP contribution in [-0.2, 0) is 0 Å². The van der Waals surface area contributed by atoms with E-state index in [9.17, 15) is 5.26 Å². The van der Waals surface area contributed by atoms with E-state index in [1.54, 1.807) is 0 Å². The van der Waals surface area contributed by atoms with Gasteiger partial charge in [-0.25, -0.2) is 15.0 Å². The number of nitriles is 1. The molecule has 0 radical (unpaired) electrons. The van der Waals surface area contributed by atoms with Crippen LogP contribution in [-0.4, -0.2) is 15.0 Å². The van der Waals surface area contributed by atoms with Crippen molar-refractivity contribution in [2.45, 2.75) is 0 Å². The van der Waals surface area contributed by atoms with Crippen LogP contribution in [0.1, 0.15) is 5.56 Å². The van der Waals surface area contributed by atoms with E-state index in [0.29, 0.717) is 23.0 Å². The Morgan fingerprint density at radius 3 is 0.892 bits per heavy atom. The van der Waals surface area contributed by atoms with E-state index in [4.69, 9.17) is 15.0 Å². The molecule has 0 saturated carbocycles. The smallest absolute Gasteiger partial charge is 0.164 e. The highest BCUT2D eigenvalue weighted by atomic mass is 15.0. The van der Waals surface area contributed by atoms with Crippen molar-refractivity contribution >= 4 is 0 Å². The molecule has 0 aliphatic rings. The van der Waals surface area contributed by atoms with E-state index >= 15 is 0 Å². The summed E-state index contributed by atoms with van der Waals surface area (Å²) in [6, 6.07) is 99.9. The first-order chi connectivity index (χ1) is 36.7. The monoisotopic (exact) mass is 942 g/mol. The quantitative estimate of drug-likeness (QED) is 0.130. The Morgan fingerprint density at radius 1 is 0.203 bits per heavy atom.